The van der Waals surface area contributed by atoms with Crippen molar-refractivity contribution in [2.45, 2.75) is 72.0 Å². The minimum absolute atomic E-state index is 0.185. The first-order valence-electron chi connectivity index (χ1n) is 10.4. The fourth-order valence-electron chi connectivity index (χ4n) is 1.89. The highest BCUT2D eigenvalue weighted by molar-refractivity contribution is 5.87. The largest absolute Gasteiger partial charge is 0.444 e. The second kappa shape index (κ2) is 14.6. The van der Waals surface area contributed by atoms with Gasteiger partial charge in [-0.2, -0.15) is 0 Å². The summed E-state index contributed by atoms with van der Waals surface area (Å²) in [6.07, 6.45) is 1.01. The van der Waals surface area contributed by atoms with Crippen LogP contribution < -0.4 is 21.4 Å². The average Bonchev–Trinajstić information content (AvgIpc) is 2.65. The fourth-order valence-corrected chi connectivity index (χ4v) is 1.89. The van der Waals surface area contributed by atoms with Gasteiger partial charge in [-0.15, -0.1) is 5.48 Å². The van der Waals surface area contributed by atoms with Gasteiger partial charge in [0.2, 0.25) is 11.8 Å². The summed E-state index contributed by atoms with van der Waals surface area (Å²) < 4.78 is 9.91. The van der Waals surface area contributed by atoms with Crippen molar-refractivity contribution in [2.24, 2.45) is 4.99 Å². The van der Waals surface area contributed by atoms with E-state index in [1.165, 1.54) is 6.34 Å². The Hall–Kier alpha value is -3.38. The Morgan fingerprint density at radius 1 is 0.788 bits per heavy atom. The molecule has 0 atom stereocenters. The number of nitrogens with one attached hydrogen (secondary N) is 4. The van der Waals surface area contributed by atoms with Crippen molar-refractivity contribution in [3.8, 4) is 0 Å². The van der Waals surface area contributed by atoms with Gasteiger partial charge in [-0.1, -0.05) is 0 Å². The van der Waals surface area contributed by atoms with Gasteiger partial charge < -0.3 is 24.9 Å². The van der Waals surface area contributed by atoms with Gasteiger partial charge >= 0.3 is 18.2 Å². The highest BCUT2D eigenvalue weighted by atomic mass is 16.7. The van der Waals surface area contributed by atoms with Crippen molar-refractivity contribution >= 4 is 36.3 Å². The maximum absolute atomic E-state index is 11.7. The second-order valence-electron chi connectivity index (χ2n) is 8.77. The summed E-state index contributed by atoms with van der Waals surface area (Å²) in [6, 6.07) is 0. The number of nitrogens with zero attached hydrogens (tertiary/aromatic N) is 1. The average molecular weight is 474 g/mol. The molecule has 0 heterocycles. The van der Waals surface area contributed by atoms with E-state index in [0.717, 1.165) is 0 Å². The van der Waals surface area contributed by atoms with Gasteiger partial charge in [0.25, 0.3) is 0 Å². The van der Waals surface area contributed by atoms with Crippen LogP contribution in [-0.2, 0) is 28.7 Å². The molecule has 0 aliphatic carbocycles. The smallest absolute Gasteiger partial charge is 0.441 e. The molecule has 4 amide bonds. The molecule has 188 valence electrons. The Labute approximate surface area is 193 Å². The number of rotatable bonds is 10. The van der Waals surface area contributed by atoms with Gasteiger partial charge in [-0.05, 0) is 54.4 Å². The van der Waals surface area contributed by atoms with E-state index < -0.39 is 41.8 Å². The van der Waals surface area contributed by atoms with Crippen molar-refractivity contribution in [3.63, 3.8) is 0 Å². The molecule has 0 aliphatic heterocycles. The zero-order valence-corrected chi connectivity index (χ0v) is 20.0. The summed E-state index contributed by atoms with van der Waals surface area (Å²) in [6.45, 7) is 9.76. The molecule has 0 radical (unpaired) electrons. The molecule has 13 heteroatoms. The lowest BCUT2D eigenvalue weighted by molar-refractivity contribution is -0.150. The van der Waals surface area contributed by atoms with Gasteiger partial charge in [0.15, 0.2) is 0 Å². The molecule has 4 N–H and O–H groups in total. The number of carbonyl (C=O) groups is 5. The molecular formula is C20H35N5O8. The number of amides is 4. The maximum Gasteiger partial charge on any atom is 0.441 e. The molecule has 0 spiro atoms. The summed E-state index contributed by atoms with van der Waals surface area (Å²) in [7, 11) is 0. The molecule has 0 aromatic rings. The van der Waals surface area contributed by atoms with E-state index in [4.69, 9.17) is 9.47 Å². The Bertz CT molecular complexity index is 710. The molecule has 0 unspecified atom stereocenters. The molecule has 0 aromatic heterocycles. The van der Waals surface area contributed by atoms with Crippen LogP contribution in [0.25, 0.3) is 0 Å². The normalized spacial score (nSPS) is 11.3. The molecule has 0 saturated carbocycles. The molecule has 0 saturated heterocycles. The van der Waals surface area contributed by atoms with Crippen LogP contribution in [0.3, 0.4) is 0 Å². The van der Waals surface area contributed by atoms with E-state index in [9.17, 15) is 24.0 Å². The van der Waals surface area contributed by atoms with E-state index in [1.54, 1.807) is 47.0 Å². The predicted octanol–water partition coefficient (Wildman–Crippen LogP) is 0.925. The number of aliphatic imine (C=N–C) groups is 1. The minimum Gasteiger partial charge on any atom is -0.444 e. The van der Waals surface area contributed by atoms with Gasteiger partial charge in [0.05, 0.1) is 12.9 Å². The van der Waals surface area contributed by atoms with Crippen LogP contribution in [0.1, 0.15) is 60.8 Å². The summed E-state index contributed by atoms with van der Waals surface area (Å²) in [4.78, 5) is 66.0. The Balaban J connectivity index is 3.82. The van der Waals surface area contributed by atoms with Crippen LogP contribution in [0.4, 0.5) is 9.59 Å². The topological polar surface area (TPSA) is 174 Å². The van der Waals surface area contributed by atoms with E-state index in [0.29, 0.717) is 19.4 Å². The van der Waals surface area contributed by atoms with Crippen molar-refractivity contribution in [1.29, 1.82) is 0 Å². The molecule has 0 aliphatic rings. The van der Waals surface area contributed by atoms with Crippen molar-refractivity contribution in [1.82, 2.24) is 21.4 Å². The molecule has 0 fully saturated rings. The molecule has 0 aromatic carbocycles. The van der Waals surface area contributed by atoms with Gasteiger partial charge in [0.1, 0.15) is 17.7 Å². The van der Waals surface area contributed by atoms with E-state index >= 15 is 0 Å². The SMILES string of the molecule is CC(C)(C)OC(=O)NC=NCCCCC(=O)NCC(=O)NCC(=O)ONC(=O)OC(C)(C)C. The van der Waals surface area contributed by atoms with Crippen LogP contribution in [0.5, 0.6) is 0 Å². The monoisotopic (exact) mass is 473 g/mol. The molecular weight excluding hydrogens is 438 g/mol. The first kappa shape index (κ1) is 29.6. The van der Waals surface area contributed by atoms with Crippen LogP contribution in [0, 0.1) is 0 Å². The van der Waals surface area contributed by atoms with Crippen molar-refractivity contribution < 1.29 is 38.3 Å². The Morgan fingerprint density at radius 2 is 1.36 bits per heavy atom. The standard InChI is InChI=1S/C20H35N5O8/c1-19(2,3)31-17(29)24-13-21-10-8-7-9-14(26)22-11-15(27)23-12-16(28)33-25-18(30)32-20(4,5)6/h13H,7-12H2,1-6H3,(H,22,26)(H,23,27)(H,25,30)(H,21,24,29). The molecule has 13 nitrogen and oxygen atoms in total. The molecule has 0 bridgehead atoms. The third-order valence-corrected chi connectivity index (χ3v) is 3.14. The number of hydrogen-bond donors (Lipinski definition) is 4. The summed E-state index contributed by atoms with van der Waals surface area (Å²) in [5.41, 5.74) is 0.452. The van der Waals surface area contributed by atoms with E-state index in [2.05, 4.69) is 25.8 Å². The van der Waals surface area contributed by atoms with Crippen LogP contribution in [-0.4, -0.2) is 67.1 Å². The number of hydrogen-bond acceptors (Lipinski definition) is 9. The van der Waals surface area contributed by atoms with Gasteiger partial charge in [-0.3, -0.25) is 19.9 Å². The van der Waals surface area contributed by atoms with Crippen LogP contribution in [0.2, 0.25) is 0 Å². The minimum atomic E-state index is -0.945. The lowest BCUT2D eigenvalue weighted by atomic mass is 10.2. The van der Waals surface area contributed by atoms with Crippen LogP contribution in [0.15, 0.2) is 4.99 Å². The number of carbonyl (C=O) groups excluding carboxylic acids is 5. The fraction of sp³-hybridized carbons (Fsp3) is 0.700. The third-order valence-electron chi connectivity index (χ3n) is 3.14. The number of ether oxygens (including phenoxy) is 2. The Morgan fingerprint density at radius 3 is 1.97 bits per heavy atom. The Kier molecular flexibility index (Phi) is 13.1. The van der Waals surface area contributed by atoms with E-state index in [1.807, 2.05) is 0 Å². The first-order valence-corrected chi connectivity index (χ1v) is 10.4. The lowest BCUT2D eigenvalue weighted by Gasteiger charge is -2.19. The van der Waals surface area contributed by atoms with Gasteiger partial charge in [-0.25, -0.2) is 14.4 Å². The van der Waals surface area contributed by atoms with Crippen LogP contribution >= 0.6 is 0 Å². The molecule has 0 rings (SSSR count). The quantitative estimate of drug-likeness (QED) is 0.119. The highest BCUT2D eigenvalue weighted by Gasteiger charge is 2.18. The van der Waals surface area contributed by atoms with Gasteiger partial charge in [0, 0.05) is 13.0 Å². The number of alkyl carbamates (subject to hydrolysis) is 1. The van der Waals surface area contributed by atoms with Crippen molar-refractivity contribution in [3.05, 3.63) is 0 Å². The maximum atomic E-state index is 11.7. The number of unbranched alkanes of at least 4 members (excludes halogenated alkanes) is 1. The lowest BCUT2D eigenvalue weighted by Crippen LogP contribution is -2.41. The highest BCUT2D eigenvalue weighted by Crippen LogP contribution is 2.06. The summed E-state index contributed by atoms with van der Waals surface area (Å²) >= 11 is 0. The van der Waals surface area contributed by atoms with E-state index in [-0.39, 0.29) is 18.9 Å². The third kappa shape index (κ3) is 20.3. The van der Waals surface area contributed by atoms with Crippen molar-refractivity contribution in [2.75, 3.05) is 19.6 Å². The molecule has 33 heavy (non-hydrogen) atoms. The summed E-state index contributed by atoms with van der Waals surface area (Å²) in [5.74, 6) is -1.85. The number of hydroxylamine groups is 1. The second-order valence-corrected chi connectivity index (χ2v) is 8.77. The predicted molar refractivity (Wildman–Crippen MR) is 118 cm³/mol. The zero-order chi connectivity index (χ0) is 25.5. The zero-order valence-electron chi connectivity index (χ0n) is 20.0. The summed E-state index contributed by atoms with van der Waals surface area (Å²) in [5, 5.41) is 7.03. The first-order chi connectivity index (χ1) is 15.2.